The number of amides is 1. The van der Waals surface area contributed by atoms with Gasteiger partial charge >= 0.3 is 12.1 Å². The first-order chi connectivity index (χ1) is 10.1. The first kappa shape index (κ1) is 15.3. The highest BCUT2D eigenvalue weighted by atomic mass is 16.5. The molecule has 0 saturated carbocycles. The summed E-state index contributed by atoms with van der Waals surface area (Å²) in [5.74, 6) is -0.930. The summed E-state index contributed by atoms with van der Waals surface area (Å²) in [6, 6.07) is 8.85. The van der Waals surface area contributed by atoms with Crippen LogP contribution >= 0.6 is 0 Å². The molecule has 1 aliphatic rings. The second kappa shape index (κ2) is 7.64. The van der Waals surface area contributed by atoms with Crippen molar-refractivity contribution in [1.29, 1.82) is 0 Å². The number of rotatable bonds is 6. The van der Waals surface area contributed by atoms with E-state index < -0.39 is 18.1 Å². The minimum Gasteiger partial charge on any atom is -0.481 e. The molecule has 1 aromatic carbocycles. The lowest BCUT2D eigenvalue weighted by molar-refractivity contribution is -0.137. The Morgan fingerprint density at radius 2 is 2.14 bits per heavy atom. The Bertz CT molecular complexity index is 470. The minimum atomic E-state index is -0.949. The van der Waals surface area contributed by atoms with Crippen LogP contribution in [-0.4, -0.2) is 36.4 Å². The number of carbonyl (C=O) groups is 2. The molecule has 21 heavy (non-hydrogen) atoms. The van der Waals surface area contributed by atoms with E-state index in [-0.39, 0.29) is 18.9 Å². The molecule has 1 heterocycles. The topological polar surface area (TPSA) is 84.9 Å². The van der Waals surface area contributed by atoms with Crippen molar-refractivity contribution in [2.75, 3.05) is 13.2 Å². The van der Waals surface area contributed by atoms with Crippen LogP contribution in [0.3, 0.4) is 0 Å². The highest BCUT2D eigenvalue weighted by Crippen LogP contribution is 2.19. The van der Waals surface area contributed by atoms with E-state index in [1.165, 1.54) is 0 Å². The number of hydrogen-bond donors (Lipinski definition) is 2. The molecule has 0 bridgehead atoms. The molecule has 0 radical (unpaired) electrons. The second-order valence-corrected chi connectivity index (χ2v) is 5.03. The molecule has 2 rings (SSSR count). The van der Waals surface area contributed by atoms with Crippen molar-refractivity contribution in [2.24, 2.45) is 5.92 Å². The first-order valence-electron chi connectivity index (χ1n) is 6.92. The average Bonchev–Trinajstić information content (AvgIpc) is 2.99. The van der Waals surface area contributed by atoms with E-state index in [9.17, 15) is 9.59 Å². The van der Waals surface area contributed by atoms with Gasteiger partial charge in [0.1, 0.15) is 6.61 Å². The van der Waals surface area contributed by atoms with Crippen molar-refractivity contribution in [3.05, 3.63) is 35.9 Å². The van der Waals surface area contributed by atoms with Gasteiger partial charge in [-0.2, -0.15) is 0 Å². The Morgan fingerprint density at radius 1 is 1.38 bits per heavy atom. The predicted octanol–water partition coefficient (Wildman–Crippen LogP) is 1.79. The van der Waals surface area contributed by atoms with Crippen LogP contribution < -0.4 is 5.32 Å². The third-order valence-electron chi connectivity index (χ3n) is 3.44. The number of alkyl carbamates (subject to hydrolysis) is 1. The molecule has 1 aliphatic heterocycles. The maximum atomic E-state index is 11.8. The zero-order valence-electron chi connectivity index (χ0n) is 11.7. The molecule has 6 nitrogen and oxygen atoms in total. The lowest BCUT2D eigenvalue weighted by Gasteiger charge is -2.21. The highest BCUT2D eigenvalue weighted by molar-refractivity contribution is 5.71. The van der Waals surface area contributed by atoms with Crippen LogP contribution in [0.2, 0.25) is 0 Å². The molecule has 2 atom stereocenters. The Kier molecular flexibility index (Phi) is 5.57. The van der Waals surface area contributed by atoms with Gasteiger partial charge in [-0.3, -0.25) is 4.79 Å². The maximum absolute atomic E-state index is 11.8. The molecule has 1 unspecified atom stereocenters. The molecular weight excluding hydrogens is 274 g/mol. The van der Waals surface area contributed by atoms with Gasteiger partial charge in [0.05, 0.1) is 13.0 Å². The number of nitrogens with one attached hydrogen (secondary N) is 1. The van der Waals surface area contributed by atoms with Gasteiger partial charge in [0, 0.05) is 18.6 Å². The van der Waals surface area contributed by atoms with Gasteiger partial charge in [0.2, 0.25) is 0 Å². The molecule has 2 N–H and O–H groups in total. The largest absolute Gasteiger partial charge is 0.481 e. The van der Waals surface area contributed by atoms with Crippen molar-refractivity contribution >= 4 is 12.1 Å². The van der Waals surface area contributed by atoms with E-state index in [1.807, 2.05) is 30.3 Å². The zero-order valence-corrected chi connectivity index (χ0v) is 11.7. The molecule has 6 heteroatoms. The second-order valence-electron chi connectivity index (χ2n) is 5.03. The summed E-state index contributed by atoms with van der Waals surface area (Å²) in [5.41, 5.74) is 0.881. The predicted molar refractivity (Wildman–Crippen MR) is 74.7 cm³/mol. The van der Waals surface area contributed by atoms with Gasteiger partial charge in [0.25, 0.3) is 0 Å². The van der Waals surface area contributed by atoms with E-state index in [0.29, 0.717) is 13.2 Å². The smallest absolute Gasteiger partial charge is 0.407 e. The Morgan fingerprint density at radius 3 is 2.76 bits per heavy atom. The highest BCUT2D eigenvalue weighted by Gasteiger charge is 2.29. The lowest BCUT2D eigenvalue weighted by atomic mass is 9.96. The Labute approximate surface area is 123 Å². The van der Waals surface area contributed by atoms with E-state index in [4.69, 9.17) is 14.6 Å². The van der Waals surface area contributed by atoms with Crippen molar-refractivity contribution in [3.8, 4) is 0 Å². The first-order valence-corrected chi connectivity index (χ1v) is 6.92. The zero-order chi connectivity index (χ0) is 15.1. The standard InChI is InChI=1S/C15H19NO5/c17-14(18)8-13(12-6-7-20-10-12)16-15(19)21-9-11-4-2-1-3-5-11/h1-5,12-13H,6-10H2,(H,16,19)(H,17,18)/t12?,13-/m0/s1. The quantitative estimate of drug-likeness (QED) is 0.835. The van der Waals surface area contributed by atoms with Crippen LogP contribution in [0, 0.1) is 5.92 Å². The van der Waals surface area contributed by atoms with Crippen molar-refractivity contribution < 1.29 is 24.2 Å². The van der Waals surface area contributed by atoms with Gasteiger partial charge in [-0.05, 0) is 12.0 Å². The monoisotopic (exact) mass is 293 g/mol. The number of carboxylic acid groups (broad SMARTS) is 1. The van der Waals surface area contributed by atoms with E-state index in [1.54, 1.807) is 0 Å². The van der Waals surface area contributed by atoms with E-state index in [0.717, 1.165) is 12.0 Å². The SMILES string of the molecule is O=C(O)C[C@H](NC(=O)OCc1ccccc1)C1CCOC1. The molecule has 0 aromatic heterocycles. The summed E-state index contributed by atoms with van der Waals surface area (Å²) in [5, 5.41) is 11.6. The summed E-state index contributed by atoms with van der Waals surface area (Å²) in [7, 11) is 0. The molecule has 1 aromatic rings. The van der Waals surface area contributed by atoms with Crippen molar-refractivity contribution in [2.45, 2.75) is 25.5 Å². The summed E-state index contributed by atoms with van der Waals surface area (Å²) in [4.78, 5) is 22.7. The average molecular weight is 293 g/mol. The Balaban J connectivity index is 1.83. The van der Waals surface area contributed by atoms with Crippen molar-refractivity contribution in [1.82, 2.24) is 5.32 Å². The van der Waals surface area contributed by atoms with Crippen LogP contribution in [0.1, 0.15) is 18.4 Å². The number of ether oxygens (including phenoxy) is 2. The molecule has 1 saturated heterocycles. The number of benzene rings is 1. The summed E-state index contributed by atoms with van der Waals surface area (Å²) >= 11 is 0. The van der Waals surface area contributed by atoms with Gasteiger partial charge in [-0.15, -0.1) is 0 Å². The van der Waals surface area contributed by atoms with E-state index >= 15 is 0 Å². The molecule has 114 valence electrons. The number of aliphatic carboxylic acids is 1. The summed E-state index contributed by atoms with van der Waals surface area (Å²) < 4.78 is 10.4. The molecular formula is C15H19NO5. The van der Waals surface area contributed by atoms with E-state index in [2.05, 4.69) is 5.32 Å². The normalized spacial score (nSPS) is 19.0. The van der Waals surface area contributed by atoms with Crippen LogP contribution in [0.4, 0.5) is 4.79 Å². The molecule has 1 fully saturated rings. The lowest BCUT2D eigenvalue weighted by Crippen LogP contribution is -2.42. The van der Waals surface area contributed by atoms with Gasteiger partial charge in [0.15, 0.2) is 0 Å². The van der Waals surface area contributed by atoms with Gasteiger partial charge < -0.3 is 19.9 Å². The van der Waals surface area contributed by atoms with Crippen LogP contribution in [0.25, 0.3) is 0 Å². The van der Waals surface area contributed by atoms with Gasteiger partial charge in [-0.1, -0.05) is 30.3 Å². The molecule has 1 amide bonds. The third kappa shape index (κ3) is 5.07. The number of carbonyl (C=O) groups excluding carboxylic acids is 1. The fourth-order valence-corrected chi connectivity index (χ4v) is 2.31. The number of hydrogen-bond acceptors (Lipinski definition) is 4. The van der Waals surface area contributed by atoms with Crippen LogP contribution in [0.15, 0.2) is 30.3 Å². The van der Waals surface area contributed by atoms with Crippen LogP contribution in [-0.2, 0) is 20.9 Å². The fourth-order valence-electron chi connectivity index (χ4n) is 2.31. The molecule has 0 aliphatic carbocycles. The van der Waals surface area contributed by atoms with Crippen molar-refractivity contribution in [3.63, 3.8) is 0 Å². The summed E-state index contributed by atoms with van der Waals surface area (Å²) in [6.45, 7) is 1.23. The Hall–Kier alpha value is -2.08. The summed E-state index contributed by atoms with van der Waals surface area (Å²) in [6.07, 6.45) is 0.0164. The fraction of sp³-hybridized carbons (Fsp3) is 0.467. The minimum absolute atomic E-state index is 0.0189. The third-order valence-corrected chi connectivity index (χ3v) is 3.44. The number of carboxylic acids is 1. The molecule has 0 spiro atoms. The maximum Gasteiger partial charge on any atom is 0.407 e. The van der Waals surface area contributed by atoms with Gasteiger partial charge in [-0.25, -0.2) is 4.79 Å². The van der Waals surface area contributed by atoms with Crippen LogP contribution in [0.5, 0.6) is 0 Å².